The molecule has 4 heteroatoms. The minimum Gasteiger partial charge on any atom is -0.302 e. The van der Waals surface area contributed by atoms with Gasteiger partial charge in [-0.1, -0.05) is 44.2 Å². The van der Waals surface area contributed by atoms with Gasteiger partial charge in [-0.15, -0.1) is 0 Å². The number of likely N-dealkylation sites (N-methyl/N-ethyl adjacent to an activating group) is 1. The van der Waals surface area contributed by atoms with Crippen molar-refractivity contribution in [3.8, 4) is 5.69 Å². The third-order valence-corrected chi connectivity index (χ3v) is 4.37. The van der Waals surface area contributed by atoms with Crippen LogP contribution in [-0.2, 0) is 6.54 Å². The van der Waals surface area contributed by atoms with Crippen LogP contribution in [-0.4, -0.2) is 33.9 Å². The van der Waals surface area contributed by atoms with Gasteiger partial charge >= 0.3 is 0 Å². The second-order valence-electron chi connectivity index (χ2n) is 5.62. The van der Waals surface area contributed by atoms with E-state index in [-0.39, 0.29) is 5.56 Å². The first-order valence-electron chi connectivity index (χ1n) is 8.24. The Balaban J connectivity index is 2.12. The molecule has 4 nitrogen and oxygen atoms in total. The van der Waals surface area contributed by atoms with E-state index in [1.165, 1.54) is 0 Å². The fourth-order valence-corrected chi connectivity index (χ4v) is 3.03. The molecule has 1 aromatic heterocycles. The number of fused-ring (bicyclic) bond motifs is 1. The maximum absolute atomic E-state index is 12.9. The van der Waals surface area contributed by atoms with Gasteiger partial charge in [0.2, 0.25) is 0 Å². The van der Waals surface area contributed by atoms with Crippen molar-refractivity contribution in [2.24, 2.45) is 0 Å². The first kappa shape index (κ1) is 15.6. The largest absolute Gasteiger partial charge is 0.302 e. The van der Waals surface area contributed by atoms with Crippen LogP contribution in [0.4, 0.5) is 0 Å². The van der Waals surface area contributed by atoms with Crippen LogP contribution in [0.5, 0.6) is 0 Å². The summed E-state index contributed by atoms with van der Waals surface area (Å²) in [6.45, 7) is 8.09. The number of nitrogens with zero attached hydrogens (tertiary/aromatic N) is 3. The van der Waals surface area contributed by atoms with Crippen molar-refractivity contribution in [2.45, 2.75) is 20.4 Å². The smallest absolute Gasteiger partial charge is 0.279 e. The van der Waals surface area contributed by atoms with Gasteiger partial charge in [-0.05, 0) is 37.4 Å². The Morgan fingerprint density at radius 3 is 2.26 bits per heavy atom. The van der Waals surface area contributed by atoms with Crippen LogP contribution in [0.15, 0.2) is 59.4 Å². The van der Waals surface area contributed by atoms with Crippen LogP contribution >= 0.6 is 0 Å². The maximum atomic E-state index is 12.9. The van der Waals surface area contributed by atoms with E-state index in [1.54, 1.807) is 4.68 Å². The molecule has 0 fully saturated rings. The minimum absolute atomic E-state index is 0.0475. The maximum Gasteiger partial charge on any atom is 0.279 e. The molecule has 120 valence electrons. The first-order chi connectivity index (χ1) is 11.3. The standard InChI is InChI=1S/C19H23N3O/c1-3-20(4-2)14-15-21-18-13-9-8-12-17(18)19(23)22(21)16-10-6-5-7-11-16/h5-13H,3-4,14-15H2,1-2H3. The minimum atomic E-state index is 0.0475. The Kier molecular flexibility index (Phi) is 4.63. The summed E-state index contributed by atoms with van der Waals surface area (Å²) in [7, 11) is 0. The lowest BCUT2D eigenvalue weighted by Gasteiger charge is -2.20. The predicted molar refractivity (Wildman–Crippen MR) is 95.3 cm³/mol. The van der Waals surface area contributed by atoms with Gasteiger partial charge in [-0.25, -0.2) is 4.68 Å². The van der Waals surface area contributed by atoms with Crippen LogP contribution in [0.1, 0.15) is 13.8 Å². The van der Waals surface area contributed by atoms with Crippen molar-refractivity contribution in [3.05, 3.63) is 65.0 Å². The molecule has 0 unspecified atom stereocenters. The van der Waals surface area contributed by atoms with Gasteiger partial charge in [-0.3, -0.25) is 9.48 Å². The molecule has 3 rings (SSSR count). The lowest BCUT2D eigenvalue weighted by atomic mass is 10.2. The highest BCUT2D eigenvalue weighted by molar-refractivity contribution is 5.79. The molecule has 0 N–H and O–H groups in total. The Hall–Kier alpha value is -2.33. The molecule has 0 aliphatic rings. The molecule has 23 heavy (non-hydrogen) atoms. The SMILES string of the molecule is CCN(CC)CCn1c2ccccc2c(=O)n1-c1ccccc1. The number of rotatable bonds is 6. The van der Waals surface area contributed by atoms with E-state index >= 15 is 0 Å². The van der Waals surface area contributed by atoms with Crippen molar-refractivity contribution < 1.29 is 0 Å². The Morgan fingerprint density at radius 1 is 0.913 bits per heavy atom. The quantitative estimate of drug-likeness (QED) is 0.700. The van der Waals surface area contributed by atoms with E-state index in [9.17, 15) is 4.79 Å². The second kappa shape index (κ2) is 6.84. The summed E-state index contributed by atoms with van der Waals surface area (Å²) in [5.41, 5.74) is 1.95. The van der Waals surface area contributed by atoms with E-state index in [0.717, 1.165) is 42.8 Å². The number of para-hydroxylation sites is 2. The average molecular weight is 309 g/mol. The second-order valence-corrected chi connectivity index (χ2v) is 5.62. The molecular weight excluding hydrogens is 286 g/mol. The summed E-state index contributed by atoms with van der Waals surface area (Å²) in [5, 5.41) is 0.774. The van der Waals surface area contributed by atoms with Gasteiger partial charge in [0.05, 0.1) is 23.1 Å². The molecule has 0 aliphatic carbocycles. The van der Waals surface area contributed by atoms with Gasteiger partial charge in [0.25, 0.3) is 5.56 Å². The monoisotopic (exact) mass is 309 g/mol. The number of hydrogen-bond acceptors (Lipinski definition) is 2. The highest BCUT2D eigenvalue weighted by atomic mass is 16.1. The number of benzene rings is 2. The van der Waals surface area contributed by atoms with Crippen molar-refractivity contribution in [3.63, 3.8) is 0 Å². The van der Waals surface area contributed by atoms with E-state index in [0.29, 0.717) is 0 Å². The fourth-order valence-electron chi connectivity index (χ4n) is 3.03. The molecule has 2 aromatic carbocycles. The van der Waals surface area contributed by atoms with Crippen LogP contribution in [0.25, 0.3) is 16.6 Å². The molecule has 0 amide bonds. The summed E-state index contributed by atoms with van der Waals surface area (Å²) in [6.07, 6.45) is 0. The predicted octanol–water partition coefficient (Wildman–Crippen LogP) is 3.13. The van der Waals surface area contributed by atoms with Crippen LogP contribution < -0.4 is 5.56 Å². The zero-order chi connectivity index (χ0) is 16.2. The Labute approximate surface area is 136 Å². The zero-order valence-corrected chi connectivity index (χ0v) is 13.8. The van der Waals surface area contributed by atoms with Gasteiger partial charge in [0.15, 0.2) is 0 Å². The van der Waals surface area contributed by atoms with Crippen LogP contribution in [0.3, 0.4) is 0 Å². The van der Waals surface area contributed by atoms with Crippen molar-refractivity contribution in [1.29, 1.82) is 0 Å². The molecule has 0 spiro atoms. The number of hydrogen-bond donors (Lipinski definition) is 0. The number of aromatic nitrogens is 2. The van der Waals surface area contributed by atoms with Crippen LogP contribution in [0, 0.1) is 0 Å². The zero-order valence-electron chi connectivity index (χ0n) is 13.8. The molecule has 0 saturated heterocycles. The lowest BCUT2D eigenvalue weighted by Crippen LogP contribution is -2.30. The van der Waals surface area contributed by atoms with E-state index in [4.69, 9.17) is 0 Å². The highest BCUT2D eigenvalue weighted by Gasteiger charge is 2.14. The van der Waals surface area contributed by atoms with Crippen molar-refractivity contribution >= 4 is 10.9 Å². The molecule has 0 atom stereocenters. The van der Waals surface area contributed by atoms with E-state index in [1.807, 2.05) is 54.6 Å². The Morgan fingerprint density at radius 2 is 1.57 bits per heavy atom. The van der Waals surface area contributed by atoms with Gasteiger partial charge in [0, 0.05) is 6.54 Å². The van der Waals surface area contributed by atoms with E-state index in [2.05, 4.69) is 23.4 Å². The lowest BCUT2D eigenvalue weighted by molar-refractivity contribution is 0.283. The fraction of sp³-hybridized carbons (Fsp3) is 0.316. The topological polar surface area (TPSA) is 30.2 Å². The summed E-state index contributed by atoms with van der Waals surface area (Å²) >= 11 is 0. The normalized spacial score (nSPS) is 11.4. The molecule has 0 radical (unpaired) electrons. The van der Waals surface area contributed by atoms with Crippen molar-refractivity contribution in [2.75, 3.05) is 19.6 Å². The third-order valence-electron chi connectivity index (χ3n) is 4.37. The summed E-state index contributed by atoms with van der Waals surface area (Å²) in [6, 6.07) is 17.7. The van der Waals surface area contributed by atoms with Gasteiger partial charge in [-0.2, -0.15) is 0 Å². The first-order valence-corrected chi connectivity index (χ1v) is 8.24. The summed E-state index contributed by atoms with van der Waals surface area (Å²) in [4.78, 5) is 15.2. The van der Waals surface area contributed by atoms with E-state index < -0.39 is 0 Å². The molecule has 3 aromatic rings. The van der Waals surface area contributed by atoms with Gasteiger partial charge < -0.3 is 4.90 Å². The van der Waals surface area contributed by atoms with Crippen LogP contribution in [0.2, 0.25) is 0 Å². The molecule has 0 aliphatic heterocycles. The van der Waals surface area contributed by atoms with Gasteiger partial charge in [0.1, 0.15) is 0 Å². The average Bonchev–Trinajstić information content (AvgIpc) is 2.89. The van der Waals surface area contributed by atoms with Crippen molar-refractivity contribution in [1.82, 2.24) is 14.3 Å². The molecule has 0 saturated carbocycles. The highest BCUT2D eigenvalue weighted by Crippen LogP contribution is 2.15. The summed E-state index contributed by atoms with van der Waals surface area (Å²) in [5.74, 6) is 0. The molecular formula is C19H23N3O. The molecule has 1 heterocycles. The Bertz CT molecular complexity index is 829. The third kappa shape index (κ3) is 2.94. The summed E-state index contributed by atoms with van der Waals surface area (Å²) < 4.78 is 3.90. The molecule has 0 bridgehead atoms.